The maximum atomic E-state index is 15.2. The van der Waals surface area contributed by atoms with Crippen LogP contribution < -0.4 is 16.0 Å². The molecule has 0 aliphatic carbocycles. The number of nitrogens with zero attached hydrogens (tertiary/aromatic N) is 6. The number of imide groups is 1. The highest BCUT2D eigenvalue weighted by Gasteiger charge is 2.31. The summed E-state index contributed by atoms with van der Waals surface area (Å²) >= 11 is 0. The Morgan fingerprint density at radius 1 is 1.02 bits per heavy atom. The van der Waals surface area contributed by atoms with Gasteiger partial charge in [-0.15, -0.1) is 0 Å². The van der Waals surface area contributed by atoms with Crippen molar-refractivity contribution in [2.75, 3.05) is 18.9 Å². The van der Waals surface area contributed by atoms with Crippen molar-refractivity contribution in [3.8, 4) is 22.4 Å². The number of hydrogen-bond donors (Lipinski definition) is 3. The Bertz CT molecular complexity index is 2410. The van der Waals surface area contributed by atoms with Crippen LogP contribution in [0.15, 0.2) is 89.8 Å². The van der Waals surface area contributed by atoms with Gasteiger partial charge in [0.2, 0.25) is 17.7 Å². The van der Waals surface area contributed by atoms with Gasteiger partial charge in [-0.25, -0.2) is 18.3 Å². The summed E-state index contributed by atoms with van der Waals surface area (Å²) in [6.07, 6.45) is 6.20. The lowest BCUT2D eigenvalue weighted by molar-refractivity contribution is -0.133. The molecule has 1 aliphatic heterocycles. The molecular weight excluding hydrogens is 745 g/mol. The molecule has 0 radical (unpaired) electrons. The molecule has 1 unspecified atom stereocenters. The number of alkyl halides is 2. The molecule has 6 aromatic rings. The van der Waals surface area contributed by atoms with Crippen molar-refractivity contribution in [1.29, 1.82) is 0 Å². The first kappa shape index (κ1) is 39.9. The molecule has 1 aliphatic rings. The number of benzene rings is 3. The Labute approximate surface area is 334 Å². The van der Waals surface area contributed by atoms with Crippen LogP contribution in [0.4, 0.5) is 14.5 Å². The molecule has 1 fully saturated rings. The third-order valence-corrected chi connectivity index (χ3v) is 10.1. The number of nitrogens with one attached hydrogen (secondary N) is 3. The molecule has 0 bridgehead atoms. The Morgan fingerprint density at radius 3 is 2.52 bits per heavy atom. The highest BCUT2D eigenvalue weighted by atomic mass is 19.3. The van der Waals surface area contributed by atoms with Gasteiger partial charge in [0.05, 0.1) is 17.8 Å². The normalized spacial score (nSPS) is 14.6. The van der Waals surface area contributed by atoms with Crippen molar-refractivity contribution in [3.05, 3.63) is 119 Å². The Balaban J connectivity index is 0.938. The van der Waals surface area contributed by atoms with Crippen molar-refractivity contribution < 1.29 is 27.7 Å². The molecule has 3 aromatic heterocycles. The van der Waals surface area contributed by atoms with E-state index in [0.717, 1.165) is 57.4 Å². The number of aryl methyl sites for hydroxylation is 2. The van der Waals surface area contributed by atoms with Crippen molar-refractivity contribution in [1.82, 2.24) is 40.3 Å². The van der Waals surface area contributed by atoms with E-state index in [4.69, 9.17) is 4.52 Å². The van der Waals surface area contributed by atoms with Gasteiger partial charge in [-0.05, 0) is 78.9 Å². The zero-order valence-corrected chi connectivity index (χ0v) is 32.6. The molecule has 0 saturated carbocycles. The second-order valence-electron chi connectivity index (χ2n) is 14.9. The standard InChI is InChI=1S/C43H45F2N9O4/c1-4-5-6-38-51-40(52-58-38)42(57)46-22-32-14-13-31(19-27(32)2)39-36-20-33(24-54(36)48-26-47-39)30-11-7-29(8-12-30)23-53(3)25-43(44,45)21-28-9-15-34(16-10-28)49-35-17-18-37(55)50-41(35)56/h7-16,19-20,24,26,35,49H,4-6,17-18,21-23,25H2,1-3H3,(H,46,57)(H,50,55,56). The van der Waals surface area contributed by atoms with E-state index in [-0.39, 0.29) is 24.1 Å². The zero-order chi connectivity index (χ0) is 40.8. The second kappa shape index (κ2) is 17.4. The highest BCUT2D eigenvalue weighted by Crippen LogP contribution is 2.30. The number of carbonyl (C=O) groups is 3. The van der Waals surface area contributed by atoms with Gasteiger partial charge in [0.15, 0.2) is 0 Å². The fourth-order valence-electron chi connectivity index (χ4n) is 7.05. The van der Waals surface area contributed by atoms with Gasteiger partial charge in [-0.1, -0.05) is 67.0 Å². The first-order valence-corrected chi connectivity index (χ1v) is 19.3. The number of halogens is 2. The summed E-state index contributed by atoms with van der Waals surface area (Å²) in [5, 5.41) is 16.5. The minimum Gasteiger partial charge on any atom is -0.374 e. The van der Waals surface area contributed by atoms with Gasteiger partial charge in [-0.2, -0.15) is 10.1 Å². The largest absolute Gasteiger partial charge is 0.374 e. The number of fused-ring (bicyclic) bond motifs is 1. The van der Waals surface area contributed by atoms with Crippen LogP contribution in [0.2, 0.25) is 0 Å². The van der Waals surface area contributed by atoms with E-state index < -0.39 is 30.8 Å². The third-order valence-electron chi connectivity index (χ3n) is 10.1. The van der Waals surface area contributed by atoms with Crippen molar-refractivity contribution in [3.63, 3.8) is 0 Å². The smallest absolute Gasteiger partial charge is 0.292 e. The maximum absolute atomic E-state index is 15.2. The molecule has 58 heavy (non-hydrogen) atoms. The van der Waals surface area contributed by atoms with Crippen LogP contribution in [0.1, 0.15) is 71.4 Å². The van der Waals surface area contributed by atoms with Crippen molar-refractivity contribution in [2.24, 2.45) is 0 Å². The van der Waals surface area contributed by atoms with Crippen LogP contribution in [0, 0.1) is 6.92 Å². The van der Waals surface area contributed by atoms with E-state index in [1.54, 1.807) is 40.7 Å². The van der Waals surface area contributed by atoms with Crippen molar-refractivity contribution >= 4 is 28.9 Å². The van der Waals surface area contributed by atoms with Crippen LogP contribution in [-0.4, -0.2) is 72.9 Å². The number of aromatic nitrogens is 5. The number of anilines is 1. The number of unbranched alkanes of at least 4 members (excludes halogenated alkanes) is 1. The lowest BCUT2D eigenvalue weighted by atomic mass is 10.0. The summed E-state index contributed by atoms with van der Waals surface area (Å²) in [4.78, 5) is 46.5. The highest BCUT2D eigenvalue weighted by molar-refractivity contribution is 6.01. The number of amides is 3. The molecule has 3 aromatic carbocycles. The molecule has 1 atom stereocenters. The third kappa shape index (κ3) is 9.77. The molecular formula is C43H45F2N9O4. The summed E-state index contributed by atoms with van der Waals surface area (Å²) in [6, 6.07) is 21.9. The Kier molecular flexibility index (Phi) is 12.0. The van der Waals surface area contributed by atoms with Gasteiger partial charge in [0.25, 0.3) is 17.7 Å². The summed E-state index contributed by atoms with van der Waals surface area (Å²) < 4.78 is 37.3. The average molecular weight is 790 g/mol. The van der Waals surface area contributed by atoms with Crippen LogP contribution in [-0.2, 0) is 35.5 Å². The minimum atomic E-state index is -2.97. The maximum Gasteiger partial charge on any atom is 0.292 e. The van der Waals surface area contributed by atoms with E-state index in [1.807, 2.05) is 61.7 Å². The summed E-state index contributed by atoms with van der Waals surface area (Å²) in [5.41, 5.74) is 8.28. The SMILES string of the molecule is CCCCc1nc(C(=O)NCc2ccc(-c3ncnn4cc(-c5ccc(CN(C)CC(F)(F)Cc6ccc(NC7CCC(=O)NC7=O)cc6)cc5)cc34)cc2C)no1. The van der Waals surface area contributed by atoms with E-state index in [2.05, 4.69) is 43.1 Å². The number of carbonyl (C=O) groups excluding carboxylic acids is 3. The molecule has 0 spiro atoms. The predicted molar refractivity (Wildman–Crippen MR) is 214 cm³/mol. The predicted octanol–water partition coefficient (Wildman–Crippen LogP) is 6.55. The average Bonchev–Trinajstić information content (AvgIpc) is 3.86. The summed E-state index contributed by atoms with van der Waals surface area (Å²) in [6.45, 7) is 4.27. The van der Waals surface area contributed by atoms with E-state index in [9.17, 15) is 14.4 Å². The summed E-state index contributed by atoms with van der Waals surface area (Å²) in [5.74, 6) is -3.57. The number of rotatable bonds is 16. The first-order valence-electron chi connectivity index (χ1n) is 19.3. The second-order valence-corrected chi connectivity index (χ2v) is 14.9. The molecule has 3 amide bonds. The summed E-state index contributed by atoms with van der Waals surface area (Å²) in [7, 11) is 1.68. The van der Waals surface area contributed by atoms with Crippen LogP contribution in [0.5, 0.6) is 0 Å². The fraction of sp³-hybridized carbons (Fsp3) is 0.326. The van der Waals surface area contributed by atoms with Crippen LogP contribution >= 0.6 is 0 Å². The van der Waals surface area contributed by atoms with E-state index >= 15 is 8.78 Å². The van der Waals surface area contributed by atoms with Crippen LogP contribution in [0.25, 0.3) is 27.9 Å². The van der Waals surface area contributed by atoms with E-state index in [0.29, 0.717) is 43.1 Å². The van der Waals surface area contributed by atoms with Crippen molar-refractivity contribution in [2.45, 2.75) is 77.4 Å². The topological polar surface area (TPSA) is 160 Å². The lowest BCUT2D eigenvalue weighted by Crippen LogP contribution is -2.47. The number of hydrogen-bond acceptors (Lipinski definition) is 10. The minimum absolute atomic E-state index is 0.0234. The molecule has 3 N–H and O–H groups in total. The lowest BCUT2D eigenvalue weighted by Gasteiger charge is -2.25. The first-order chi connectivity index (χ1) is 27.9. The zero-order valence-electron chi connectivity index (χ0n) is 32.6. The fourth-order valence-corrected chi connectivity index (χ4v) is 7.05. The molecule has 7 rings (SSSR count). The van der Waals surface area contributed by atoms with Gasteiger partial charge < -0.3 is 15.2 Å². The van der Waals surface area contributed by atoms with Gasteiger partial charge >= 0.3 is 0 Å². The molecule has 15 heteroatoms. The monoisotopic (exact) mass is 789 g/mol. The quantitative estimate of drug-likeness (QED) is 0.0918. The molecule has 4 heterocycles. The van der Waals surface area contributed by atoms with Gasteiger partial charge in [0, 0.05) is 55.4 Å². The van der Waals surface area contributed by atoms with Crippen LogP contribution in [0.3, 0.4) is 0 Å². The Morgan fingerprint density at radius 2 is 1.78 bits per heavy atom. The van der Waals surface area contributed by atoms with Gasteiger partial charge in [-0.3, -0.25) is 24.6 Å². The Hall–Kier alpha value is -6.35. The molecule has 13 nitrogen and oxygen atoms in total. The number of piperidine rings is 1. The van der Waals surface area contributed by atoms with Gasteiger partial charge in [0.1, 0.15) is 12.4 Å². The molecule has 1 saturated heterocycles. The molecule has 300 valence electrons. The van der Waals surface area contributed by atoms with E-state index in [1.165, 1.54) is 6.33 Å².